The van der Waals surface area contributed by atoms with Crippen molar-refractivity contribution < 1.29 is 23.2 Å². The number of rotatable bonds is 9. The highest BCUT2D eigenvalue weighted by atomic mass is 32.2. The third kappa shape index (κ3) is 5.71. The Morgan fingerprint density at radius 1 is 0.919 bits per heavy atom. The Morgan fingerprint density at radius 2 is 1.46 bits per heavy atom. The number of piperidine rings is 1. The summed E-state index contributed by atoms with van der Waals surface area (Å²) < 4.78 is 33.2. The molecule has 0 aliphatic carbocycles. The van der Waals surface area contributed by atoms with Crippen molar-refractivity contribution in [2.45, 2.75) is 44.3 Å². The van der Waals surface area contributed by atoms with Gasteiger partial charge in [0.1, 0.15) is 5.75 Å². The first kappa shape index (κ1) is 27.2. The van der Waals surface area contributed by atoms with E-state index in [-0.39, 0.29) is 25.9 Å². The summed E-state index contributed by atoms with van der Waals surface area (Å²) in [7, 11) is -4.01. The first-order valence-electron chi connectivity index (χ1n) is 13.0. The second-order valence-electron chi connectivity index (χ2n) is 9.84. The lowest BCUT2D eigenvalue weighted by Crippen LogP contribution is -2.63. The lowest BCUT2D eigenvalue weighted by atomic mass is 9.94. The smallest absolute Gasteiger partial charge is 0.266 e. The van der Waals surface area contributed by atoms with Gasteiger partial charge >= 0.3 is 0 Å². The number of sulfonamides is 1. The van der Waals surface area contributed by atoms with Crippen LogP contribution in [0.3, 0.4) is 0 Å². The van der Waals surface area contributed by atoms with Gasteiger partial charge in [-0.1, -0.05) is 31.0 Å². The van der Waals surface area contributed by atoms with Crippen LogP contribution in [0.1, 0.15) is 38.2 Å². The Bertz CT molecular complexity index is 1140. The minimum Gasteiger partial charge on any atom is -0.494 e. The van der Waals surface area contributed by atoms with Crippen molar-refractivity contribution in [1.82, 2.24) is 9.79 Å². The largest absolute Gasteiger partial charge is 0.494 e. The Labute approximate surface area is 220 Å². The van der Waals surface area contributed by atoms with Crippen molar-refractivity contribution in [1.29, 1.82) is 0 Å². The number of hydrogen-bond donors (Lipinski definition) is 2. The summed E-state index contributed by atoms with van der Waals surface area (Å²) in [6.45, 7) is 7.23. The SMILES string of the molecule is CCCCOc1ccc(N2CCN(S(=O)(=O)C3(C(=O)NO)CCN(c4ccc(C)cc4)CC3)CC2)cc1. The number of unbranched alkanes of at least 4 members (excludes halogenated alkanes) is 1. The van der Waals surface area contributed by atoms with E-state index in [1.807, 2.05) is 55.5 Å². The van der Waals surface area contributed by atoms with Gasteiger partial charge in [-0.15, -0.1) is 0 Å². The summed E-state index contributed by atoms with van der Waals surface area (Å²) in [6.07, 6.45) is 2.31. The second-order valence-corrected chi connectivity index (χ2v) is 12.1. The molecule has 2 fully saturated rings. The molecule has 0 spiro atoms. The van der Waals surface area contributed by atoms with E-state index in [1.165, 1.54) is 4.31 Å². The summed E-state index contributed by atoms with van der Waals surface area (Å²) in [5.41, 5.74) is 4.81. The third-order valence-electron chi connectivity index (χ3n) is 7.53. The van der Waals surface area contributed by atoms with Gasteiger partial charge in [0.05, 0.1) is 6.61 Å². The minimum absolute atomic E-state index is 0.106. The molecular weight excluding hydrogens is 492 g/mol. The number of carbonyl (C=O) groups is 1. The molecule has 0 bridgehead atoms. The number of ether oxygens (including phenoxy) is 1. The predicted octanol–water partition coefficient (Wildman–Crippen LogP) is 3.17. The Kier molecular flexibility index (Phi) is 8.61. The van der Waals surface area contributed by atoms with Crippen LogP contribution in [0.25, 0.3) is 0 Å². The fourth-order valence-corrected chi connectivity index (χ4v) is 7.22. The van der Waals surface area contributed by atoms with Gasteiger partial charge in [-0.05, 0) is 62.6 Å². The van der Waals surface area contributed by atoms with Crippen LogP contribution in [-0.4, -0.2) is 74.5 Å². The minimum atomic E-state index is -4.01. The van der Waals surface area contributed by atoms with E-state index in [2.05, 4.69) is 16.7 Å². The highest BCUT2D eigenvalue weighted by molar-refractivity contribution is 7.91. The number of carbonyl (C=O) groups excluding carboxylic acids is 1. The Morgan fingerprint density at radius 3 is 2.00 bits per heavy atom. The molecule has 0 atom stereocenters. The molecule has 2 aliphatic heterocycles. The quantitative estimate of drug-likeness (QED) is 0.292. The predicted molar refractivity (Wildman–Crippen MR) is 145 cm³/mol. The van der Waals surface area contributed by atoms with Gasteiger partial charge in [0.2, 0.25) is 10.0 Å². The maximum atomic E-state index is 13.9. The number of amides is 1. The molecule has 2 N–H and O–H groups in total. The average molecular weight is 531 g/mol. The molecule has 37 heavy (non-hydrogen) atoms. The zero-order valence-electron chi connectivity index (χ0n) is 21.7. The maximum Gasteiger partial charge on any atom is 0.266 e. The lowest BCUT2D eigenvalue weighted by molar-refractivity contribution is -0.132. The summed E-state index contributed by atoms with van der Waals surface area (Å²) in [5, 5.41) is 9.49. The Balaban J connectivity index is 1.42. The third-order valence-corrected chi connectivity index (χ3v) is 10.2. The number of aryl methyl sites for hydroxylation is 1. The van der Waals surface area contributed by atoms with Crippen molar-refractivity contribution >= 4 is 27.3 Å². The fraction of sp³-hybridized carbons (Fsp3) is 0.519. The van der Waals surface area contributed by atoms with Gasteiger partial charge in [-0.2, -0.15) is 4.31 Å². The van der Waals surface area contributed by atoms with Gasteiger partial charge in [-0.25, -0.2) is 13.9 Å². The van der Waals surface area contributed by atoms with Gasteiger partial charge in [-0.3, -0.25) is 10.0 Å². The van der Waals surface area contributed by atoms with E-state index in [4.69, 9.17) is 4.74 Å². The zero-order valence-corrected chi connectivity index (χ0v) is 22.5. The van der Waals surface area contributed by atoms with E-state index < -0.39 is 20.7 Å². The van der Waals surface area contributed by atoms with E-state index >= 15 is 0 Å². The molecule has 4 rings (SSSR count). The molecule has 0 unspecified atom stereocenters. The number of nitrogens with zero attached hydrogens (tertiary/aromatic N) is 3. The van der Waals surface area contributed by atoms with Crippen LogP contribution in [0.15, 0.2) is 48.5 Å². The molecule has 2 aromatic rings. The highest BCUT2D eigenvalue weighted by Crippen LogP contribution is 2.36. The van der Waals surface area contributed by atoms with E-state index in [0.717, 1.165) is 35.5 Å². The number of piperazine rings is 1. The summed E-state index contributed by atoms with van der Waals surface area (Å²) in [5.74, 6) is -0.0236. The molecule has 2 aromatic carbocycles. The van der Waals surface area contributed by atoms with Gasteiger partial charge in [0.25, 0.3) is 5.91 Å². The highest BCUT2D eigenvalue weighted by Gasteiger charge is 2.55. The molecule has 2 saturated heterocycles. The van der Waals surface area contributed by atoms with Crippen LogP contribution in [0, 0.1) is 6.92 Å². The van der Waals surface area contributed by atoms with Crippen LogP contribution in [0.4, 0.5) is 11.4 Å². The number of hydrogen-bond acceptors (Lipinski definition) is 7. The van der Waals surface area contributed by atoms with Crippen molar-refractivity contribution in [3.63, 3.8) is 0 Å². The molecule has 9 nitrogen and oxygen atoms in total. The standard InChI is InChI=1S/C27H38N4O5S/c1-3-4-21-36-25-11-9-24(10-12-25)30-17-19-31(20-18-30)37(34,35)27(26(32)28-33)13-15-29(16-14-27)23-7-5-22(2)6-8-23/h5-12,33H,3-4,13-21H2,1-2H3,(H,28,32). The first-order chi connectivity index (χ1) is 17.8. The van der Waals surface area contributed by atoms with Crippen LogP contribution < -0.4 is 20.0 Å². The molecule has 0 saturated carbocycles. The fourth-order valence-electron chi connectivity index (χ4n) is 5.11. The summed E-state index contributed by atoms with van der Waals surface area (Å²) >= 11 is 0. The van der Waals surface area contributed by atoms with Crippen LogP contribution >= 0.6 is 0 Å². The monoisotopic (exact) mass is 530 g/mol. The average Bonchev–Trinajstić information content (AvgIpc) is 2.93. The van der Waals surface area contributed by atoms with E-state index in [1.54, 1.807) is 5.48 Å². The van der Waals surface area contributed by atoms with Crippen molar-refractivity contribution in [2.75, 3.05) is 55.7 Å². The topological polar surface area (TPSA) is 102 Å². The van der Waals surface area contributed by atoms with Gasteiger partial charge in [0, 0.05) is 50.6 Å². The molecular formula is C27H38N4O5S. The summed E-state index contributed by atoms with van der Waals surface area (Å²) in [6, 6.07) is 15.9. The van der Waals surface area contributed by atoms with Crippen LogP contribution in [0.2, 0.25) is 0 Å². The molecule has 0 radical (unpaired) electrons. The molecule has 10 heteroatoms. The van der Waals surface area contributed by atoms with Gasteiger partial charge < -0.3 is 14.5 Å². The summed E-state index contributed by atoms with van der Waals surface area (Å²) in [4.78, 5) is 17.1. The molecule has 2 aliphatic rings. The molecule has 0 aromatic heterocycles. The van der Waals surface area contributed by atoms with Crippen molar-refractivity contribution in [3.8, 4) is 5.75 Å². The number of hydroxylamine groups is 1. The maximum absolute atomic E-state index is 13.9. The first-order valence-corrected chi connectivity index (χ1v) is 14.5. The van der Waals surface area contributed by atoms with Gasteiger partial charge in [0.15, 0.2) is 4.75 Å². The second kappa shape index (κ2) is 11.7. The zero-order chi connectivity index (χ0) is 26.5. The Hall–Kier alpha value is -2.82. The number of benzene rings is 2. The normalized spacial score (nSPS) is 18.5. The van der Waals surface area contributed by atoms with Crippen molar-refractivity contribution in [3.05, 3.63) is 54.1 Å². The molecule has 1 amide bonds. The molecule has 2 heterocycles. The number of nitrogens with one attached hydrogen (secondary N) is 1. The van der Waals surface area contributed by atoms with E-state index in [9.17, 15) is 18.4 Å². The van der Waals surface area contributed by atoms with Crippen molar-refractivity contribution in [2.24, 2.45) is 0 Å². The molecule has 202 valence electrons. The van der Waals surface area contributed by atoms with Crippen LogP contribution in [0.5, 0.6) is 5.75 Å². The lowest BCUT2D eigenvalue weighted by Gasteiger charge is -2.44. The van der Waals surface area contributed by atoms with E-state index in [0.29, 0.717) is 32.8 Å². The number of anilines is 2. The van der Waals surface area contributed by atoms with Crippen LogP contribution in [-0.2, 0) is 14.8 Å².